The molecule has 3 aromatic heterocycles. The van der Waals surface area contributed by atoms with Crippen molar-refractivity contribution in [2.24, 2.45) is 5.92 Å². The van der Waals surface area contributed by atoms with Crippen LogP contribution in [0.4, 0.5) is 13.2 Å². The Kier molecular flexibility index (Phi) is 5.41. The molecule has 1 saturated carbocycles. The highest BCUT2D eigenvalue weighted by atomic mass is 35.5. The van der Waals surface area contributed by atoms with Crippen LogP contribution in [0.5, 0.6) is 0 Å². The lowest BCUT2D eigenvalue weighted by Gasteiger charge is -2.31. The number of likely N-dealkylation sites (tertiary alicyclic amines) is 1. The molecule has 0 spiro atoms. The van der Waals surface area contributed by atoms with Crippen molar-refractivity contribution < 1.29 is 27.1 Å². The number of fused-ring (bicyclic) bond motifs is 1. The van der Waals surface area contributed by atoms with Gasteiger partial charge in [0.15, 0.2) is 11.3 Å². The van der Waals surface area contributed by atoms with Crippen molar-refractivity contribution >= 4 is 23.2 Å². The molecule has 5 rings (SSSR count). The molecule has 0 atom stereocenters. The maximum Gasteiger partial charge on any atom is 0.420 e. The summed E-state index contributed by atoms with van der Waals surface area (Å²) in [7, 11) is 0. The van der Waals surface area contributed by atoms with Crippen molar-refractivity contribution in [3.05, 3.63) is 47.3 Å². The van der Waals surface area contributed by atoms with Crippen molar-refractivity contribution in [3.63, 3.8) is 0 Å². The number of piperidine rings is 1. The summed E-state index contributed by atoms with van der Waals surface area (Å²) < 4.78 is 53.4. The molecule has 4 heterocycles. The Morgan fingerprint density at radius 1 is 1.22 bits per heavy atom. The van der Waals surface area contributed by atoms with Gasteiger partial charge in [0, 0.05) is 37.0 Å². The summed E-state index contributed by atoms with van der Waals surface area (Å²) in [6.45, 7) is 1.66. The summed E-state index contributed by atoms with van der Waals surface area (Å²) in [6, 6.07) is 2.54. The molecule has 0 unspecified atom stereocenters. The van der Waals surface area contributed by atoms with Crippen LogP contribution in [0, 0.1) is 5.92 Å². The molecule has 32 heavy (non-hydrogen) atoms. The minimum atomic E-state index is -4.67. The van der Waals surface area contributed by atoms with Crippen LogP contribution in [-0.2, 0) is 10.9 Å². The van der Waals surface area contributed by atoms with E-state index in [1.54, 1.807) is 11.0 Å². The van der Waals surface area contributed by atoms with Crippen molar-refractivity contribution in [2.75, 3.05) is 19.7 Å². The lowest BCUT2D eigenvalue weighted by molar-refractivity contribution is -0.136. The van der Waals surface area contributed by atoms with Gasteiger partial charge in [0.2, 0.25) is 0 Å². The van der Waals surface area contributed by atoms with Gasteiger partial charge < -0.3 is 14.1 Å². The number of carbonyl (C=O) groups excluding carboxylic acids is 1. The fourth-order valence-electron chi connectivity index (χ4n) is 3.98. The summed E-state index contributed by atoms with van der Waals surface area (Å²) in [5, 5.41) is -0.145. The van der Waals surface area contributed by atoms with Crippen LogP contribution in [0.25, 0.3) is 16.8 Å². The van der Waals surface area contributed by atoms with E-state index in [1.165, 1.54) is 31.6 Å². The number of hydrogen-bond donors (Lipinski definition) is 0. The fraction of sp³-hybridized carbons (Fsp3) is 0.455. The first kappa shape index (κ1) is 21.3. The molecular weight excluding hydrogens is 447 g/mol. The summed E-state index contributed by atoms with van der Waals surface area (Å²) in [5.74, 6) is 0.193. The predicted molar refractivity (Wildman–Crippen MR) is 111 cm³/mol. The third kappa shape index (κ3) is 4.11. The molecule has 1 saturated heterocycles. The van der Waals surface area contributed by atoms with E-state index >= 15 is 0 Å². The van der Waals surface area contributed by atoms with Crippen LogP contribution in [0.15, 0.2) is 35.3 Å². The Hall–Kier alpha value is -2.52. The monoisotopic (exact) mass is 467 g/mol. The van der Waals surface area contributed by atoms with Gasteiger partial charge in [-0.1, -0.05) is 11.6 Å². The Morgan fingerprint density at radius 2 is 1.97 bits per heavy atom. The second-order valence-corrected chi connectivity index (χ2v) is 8.72. The van der Waals surface area contributed by atoms with Gasteiger partial charge in [-0.05, 0) is 43.7 Å². The van der Waals surface area contributed by atoms with Gasteiger partial charge in [0.05, 0.1) is 24.2 Å². The topological polar surface area (TPSA) is 60.0 Å². The first-order chi connectivity index (χ1) is 15.3. The average molecular weight is 468 g/mol. The summed E-state index contributed by atoms with van der Waals surface area (Å²) >= 11 is 6.38. The zero-order valence-corrected chi connectivity index (χ0v) is 17.8. The normalized spacial score (nSPS) is 17.9. The summed E-state index contributed by atoms with van der Waals surface area (Å²) in [5.41, 5.74) is -0.835. The molecule has 2 fully saturated rings. The Labute approximate surface area is 186 Å². The van der Waals surface area contributed by atoms with Crippen LogP contribution < -0.4 is 0 Å². The number of hydrogen-bond acceptors (Lipinski definition) is 4. The summed E-state index contributed by atoms with van der Waals surface area (Å²) in [6.07, 6.45) is 3.36. The number of halogens is 4. The van der Waals surface area contributed by atoms with E-state index in [0.717, 1.165) is 17.1 Å². The highest BCUT2D eigenvalue weighted by Gasteiger charge is 2.37. The second kappa shape index (κ2) is 8.12. The molecule has 3 aromatic rings. The van der Waals surface area contributed by atoms with Crippen LogP contribution in [-0.4, -0.2) is 46.0 Å². The van der Waals surface area contributed by atoms with Gasteiger partial charge in [-0.25, -0.2) is 4.98 Å². The van der Waals surface area contributed by atoms with E-state index in [4.69, 9.17) is 20.8 Å². The SMILES string of the molecule is O=C(c1nc2c(C(F)(F)F)cc(-c3ccoc3)cn2c1Cl)N1CCC(OCC2CC2)CC1. The third-order valence-corrected chi connectivity index (χ3v) is 6.38. The smallest absolute Gasteiger partial charge is 0.420 e. The number of alkyl halides is 3. The van der Waals surface area contributed by atoms with E-state index in [1.807, 2.05) is 0 Å². The quantitative estimate of drug-likeness (QED) is 0.511. The zero-order valence-electron chi connectivity index (χ0n) is 17.1. The Balaban J connectivity index is 1.43. The van der Waals surface area contributed by atoms with Gasteiger partial charge in [0.1, 0.15) is 5.15 Å². The molecule has 1 aliphatic carbocycles. The zero-order chi connectivity index (χ0) is 22.5. The largest absolute Gasteiger partial charge is 0.472 e. The highest BCUT2D eigenvalue weighted by Crippen LogP contribution is 2.37. The molecule has 0 radical (unpaired) electrons. The number of furan rings is 1. The maximum absolute atomic E-state index is 13.8. The number of imidazole rings is 1. The molecule has 1 amide bonds. The minimum Gasteiger partial charge on any atom is -0.472 e. The second-order valence-electron chi connectivity index (χ2n) is 8.37. The van der Waals surface area contributed by atoms with Crippen LogP contribution >= 0.6 is 11.6 Å². The van der Waals surface area contributed by atoms with Gasteiger partial charge >= 0.3 is 6.18 Å². The average Bonchev–Trinajstić information content (AvgIpc) is 3.32. The number of ether oxygens (including phenoxy) is 1. The predicted octanol–water partition coefficient (Wildman–Crippen LogP) is 5.30. The number of pyridine rings is 1. The number of rotatable bonds is 5. The van der Waals surface area contributed by atoms with Crippen molar-refractivity contribution in [1.29, 1.82) is 0 Å². The van der Waals surface area contributed by atoms with Gasteiger partial charge in [-0.3, -0.25) is 9.20 Å². The van der Waals surface area contributed by atoms with Crippen molar-refractivity contribution in [1.82, 2.24) is 14.3 Å². The van der Waals surface area contributed by atoms with Gasteiger partial charge in [-0.2, -0.15) is 13.2 Å². The molecule has 2 aliphatic rings. The highest BCUT2D eigenvalue weighted by molar-refractivity contribution is 6.33. The van der Waals surface area contributed by atoms with Gasteiger partial charge in [0.25, 0.3) is 5.91 Å². The lowest BCUT2D eigenvalue weighted by Crippen LogP contribution is -2.41. The maximum atomic E-state index is 13.8. The summed E-state index contributed by atoms with van der Waals surface area (Å²) in [4.78, 5) is 18.7. The van der Waals surface area contributed by atoms with Crippen LogP contribution in [0.3, 0.4) is 0 Å². The molecule has 10 heteroatoms. The van der Waals surface area contributed by atoms with Crippen molar-refractivity contribution in [3.8, 4) is 11.1 Å². The molecule has 170 valence electrons. The van der Waals surface area contributed by atoms with E-state index < -0.39 is 23.3 Å². The standard InChI is InChI=1S/C22H21ClF3N3O3/c23-19-18(21(30)28-6-3-16(4-7-28)32-11-13-1-2-13)27-20-17(22(24,25)26)9-15(10-29(19)20)14-5-8-31-12-14/h5,8-10,12-13,16H,1-4,6-7,11H2. The van der Waals surface area contributed by atoms with Crippen LogP contribution in [0.2, 0.25) is 5.15 Å². The third-order valence-electron chi connectivity index (χ3n) is 6.02. The molecular formula is C22H21ClF3N3O3. The lowest BCUT2D eigenvalue weighted by atomic mass is 10.1. The van der Waals surface area contributed by atoms with E-state index in [9.17, 15) is 18.0 Å². The number of carbonyl (C=O) groups is 1. The fourth-order valence-corrected chi connectivity index (χ4v) is 4.23. The minimum absolute atomic E-state index is 0.102. The Morgan fingerprint density at radius 3 is 2.59 bits per heavy atom. The molecule has 6 nitrogen and oxygen atoms in total. The number of amides is 1. The van der Waals surface area contributed by atoms with Gasteiger partial charge in [-0.15, -0.1) is 0 Å². The number of aromatic nitrogens is 2. The molecule has 0 bridgehead atoms. The molecule has 1 aliphatic heterocycles. The first-order valence-corrected chi connectivity index (χ1v) is 10.9. The first-order valence-electron chi connectivity index (χ1n) is 10.5. The Bertz CT molecular complexity index is 1130. The number of nitrogens with zero attached hydrogens (tertiary/aromatic N) is 3. The van der Waals surface area contributed by atoms with E-state index in [2.05, 4.69) is 4.98 Å². The molecule has 0 aromatic carbocycles. The van der Waals surface area contributed by atoms with E-state index in [0.29, 0.717) is 37.4 Å². The van der Waals surface area contributed by atoms with Crippen LogP contribution in [0.1, 0.15) is 41.7 Å². The van der Waals surface area contributed by atoms with E-state index in [-0.39, 0.29) is 22.5 Å². The molecule has 0 N–H and O–H groups in total. The van der Waals surface area contributed by atoms with Crippen molar-refractivity contribution in [2.45, 2.75) is 38.0 Å².